The van der Waals surface area contributed by atoms with Gasteiger partial charge in [0.2, 0.25) is 0 Å². The van der Waals surface area contributed by atoms with Crippen LogP contribution in [0.25, 0.3) is 5.57 Å². The van der Waals surface area contributed by atoms with Crippen LogP contribution in [-0.2, 0) is 14.3 Å². The average molecular weight is 365 g/mol. The summed E-state index contributed by atoms with van der Waals surface area (Å²) in [6.45, 7) is 3.52. The van der Waals surface area contributed by atoms with Crippen LogP contribution in [0.15, 0.2) is 66.9 Å². The molecular formula is C23H27NO3. The summed E-state index contributed by atoms with van der Waals surface area (Å²) in [6, 6.07) is 20.8. The standard InChI is InChI=1S/C23H27NO3/c1-2-27-23(25)20-13-14-21(24-15-20)16-26-17-22(18-9-5-3-6-10-18)19-11-7-4-8-12-19/h3-12,17,20-21,24H,2,13-16H2,1H3/t20-,21+/m1/s1. The van der Waals surface area contributed by atoms with Gasteiger partial charge in [-0.05, 0) is 30.9 Å². The SMILES string of the molecule is CCOC(=O)[C@@H]1CC[C@@H](COC=C(c2ccccc2)c2ccccc2)NC1. The second-order valence-corrected chi connectivity index (χ2v) is 6.73. The zero-order chi connectivity index (χ0) is 18.9. The molecule has 0 spiro atoms. The number of hydrogen-bond donors (Lipinski definition) is 1. The van der Waals surface area contributed by atoms with E-state index in [1.54, 1.807) is 0 Å². The van der Waals surface area contributed by atoms with Gasteiger partial charge < -0.3 is 14.8 Å². The molecular weight excluding hydrogens is 338 g/mol. The lowest BCUT2D eigenvalue weighted by Gasteiger charge is -2.28. The van der Waals surface area contributed by atoms with Crippen molar-refractivity contribution < 1.29 is 14.3 Å². The third-order valence-electron chi connectivity index (χ3n) is 4.80. The van der Waals surface area contributed by atoms with Crippen LogP contribution in [0.2, 0.25) is 0 Å². The molecule has 0 saturated carbocycles. The minimum Gasteiger partial charge on any atom is -0.499 e. The first kappa shape index (κ1) is 19.2. The van der Waals surface area contributed by atoms with Crippen LogP contribution < -0.4 is 5.32 Å². The lowest BCUT2D eigenvalue weighted by Crippen LogP contribution is -2.44. The topological polar surface area (TPSA) is 47.6 Å². The van der Waals surface area contributed by atoms with Gasteiger partial charge in [0, 0.05) is 18.2 Å². The second kappa shape index (κ2) is 9.93. The highest BCUT2D eigenvalue weighted by molar-refractivity contribution is 5.79. The van der Waals surface area contributed by atoms with Gasteiger partial charge in [0.1, 0.15) is 6.61 Å². The molecule has 4 nitrogen and oxygen atoms in total. The summed E-state index contributed by atoms with van der Waals surface area (Å²) in [5.41, 5.74) is 3.32. The molecule has 1 heterocycles. The van der Waals surface area contributed by atoms with Gasteiger partial charge in [-0.1, -0.05) is 60.7 Å². The third kappa shape index (κ3) is 5.44. The number of nitrogens with one attached hydrogen (secondary N) is 1. The van der Waals surface area contributed by atoms with Gasteiger partial charge >= 0.3 is 5.97 Å². The third-order valence-corrected chi connectivity index (χ3v) is 4.80. The number of piperidine rings is 1. The fraction of sp³-hybridized carbons (Fsp3) is 0.348. The van der Waals surface area contributed by atoms with Crippen molar-refractivity contribution in [3.8, 4) is 0 Å². The van der Waals surface area contributed by atoms with Crippen LogP contribution in [0.1, 0.15) is 30.9 Å². The van der Waals surface area contributed by atoms with Crippen LogP contribution in [-0.4, -0.2) is 31.8 Å². The molecule has 1 fully saturated rings. The first-order valence-electron chi connectivity index (χ1n) is 9.60. The molecule has 0 amide bonds. The monoisotopic (exact) mass is 365 g/mol. The van der Waals surface area contributed by atoms with Crippen LogP contribution in [0.5, 0.6) is 0 Å². The number of benzene rings is 2. The summed E-state index contributed by atoms with van der Waals surface area (Å²) >= 11 is 0. The smallest absolute Gasteiger partial charge is 0.310 e. The Hall–Kier alpha value is -2.59. The quantitative estimate of drug-likeness (QED) is 0.595. The number of rotatable bonds is 7. The van der Waals surface area contributed by atoms with Crippen LogP contribution >= 0.6 is 0 Å². The van der Waals surface area contributed by atoms with E-state index < -0.39 is 0 Å². The Kier molecular flexibility index (Phi) is 7.05. The van der Waals surface area contributed by atoms with Crippen molar-refractivity contribution >= 4 is 11.5 Å². The van der Waals surface area contributed by atoms with E-state index in [9.17, 15) is 4.79 Å². The largest absolute Gasteiger partial charge is 0.499 e. The zero-order valence-electron chi connectivity index (χ0n) is 15.8. The Bertz CT molecular complexity index is 693. The molecule has 0 aromatic heterocycles. The van der Waals surface area contributed by atoms with Crippen molar-refractivity contribution in [3.05, 3.63) is 78.1 Å². The highest BCUT2D eigenvalue weighted by atomic mass is 16.5. The predicted molar refractivity (Wildman–Crippen MR) is 107 cm³/mol. The molecule has 1 aliphatic rings. The number of esters is 1. The number of carbonyl (C=O) groups excluding carboxylic acids is 1. The molecule has 2 aromatic rings. The summed E-state index contributed by atoms with van der Waals surface area (Å²) in [6.07, 6.45) is 3.60. The average Bonchev–Trinajstić information content (AvgIpc) is 2.73. The zero-order valence-corrected chi connectivity index (χ0v) is 15.8. The van der Waals surface area contributed by atoms with Gasteiger partial charge in [-0.2, -0.15) is 0 Å². The van der Waals surface area contributed by atoms with Gasteiger partial charge in [-0.25, -0.2) is 0 Å². The van der Waals surface area contributed by atoms with Crippen LogP contribution in [0.3, 0.4) is 0 Å². The molecule has 27 heavy (non-hydrogen) atoms. The Morgan fingerprint density at radius 1 is 1.04 bits per heavy atom. The molecule has 0 unspecified atom stereocenters. The molecule has 1 aliphatic heterocycles. The summed E-state index contributed by atoms with van der Waals surface area (Å²) < 4.78 is 11.1. The van der Waals surface area contributed by atoms with E-state index in [0.29, 0.717) is 19.8 Å². The number of carbonyl (C=O) groups is 1. The van der Waals surface area contributed by atoms with E-state index >= 15 is 0 Å². The highest BCUT2D eigenvalue weighted by Gasteiger charge is 2.26. The summed E-state index contributed by atoms with van der Waals surface area (Å²) in [4.78, 5) is 11.8. The molecule has 0 aliphatic carbocycles. The molecule has 2 aromatic carbocycles. The Labute approximate surface area is 161 Å². The summed E-state index contributed by atoms with van der Waals surface area (Å²) in [5, 5.41) is 3.41. The maximum Gasteiger partial charge on any atom is 0.310 e. The van der Waals surface area contributed by atoms with Crippen molar-refractivity contribution in [2.45, 2.75) is 25.8 Å². The van der Waals surface area contributed by atoms with Crippen molar-refractivity contribution in [1.82, 2.24) is 5.32 Å². The normalized spacial score (nSPS) is 19.1. The first-order chi connectivity index (χ1) is 13.3. The van der Waals surface area contributed by atoms with E-state index in [-0.39, 0.29) is 17.9 Å². The van der Waals surface area contributed by atoms with Crippen molar-refractivity contribution in [2.24, 2.45) is 5.92 Å². The Balaban J connectivity index is 1.59. The fourth-order valence-electron chi connectivity index (χ4n) is 3.30. The predicted octanol–water partition coefficient (Wildman–Crippen LogP) is 4.02. The molecule has 3 rings (SSSR count). The van der Waals surface area contributed by atoms with Crippen LogP contribution in [0.4, 0.5) is 0 Å². The van der Waals surface area contributed by atoms with Crippen molar-refractivity contribution in [2.75, 3.05) is 19.8 Å². The number of hydrogen-bond acceptors (Lipinski definition) is 4. The van der Waals surface area contributed by atoms with E-state index in [1.807, 2.05) is 49.6 Å². The van der Waals surface area contributed by atoms with E-state index in [4.69, 9.17) is 9.47 Å². The first-order valence-corrected chi connectivity index (χ1v) is 9.60. The van der Waals surface area contributed by atoms with Gasteiger partial charge in [0.25, 0.3) is 0 Å². The molecule has 142 valence electrons. The minimum absolute atomic E-state index is 0.0408. The molecule has 2 atom stereocenters. The molecule has 0 bridgehead atoms. The van der Waals surface area contributed by atoms with Gasteiger partial charge in [-0.15, -0.1) is 0 Å². The van der Waals surface area contributed by atoms with E-state index in [0.717, 1.165) is 29.5 Å². The maximum atomic E-state index is 11.8. The Morgan fingerprint density at radius 3 is 2.19 bits per heavy atom. The molecule has 1 N–H and O–H groups in total. The van der Waals surface area contributed by atoms with Crippen molar-refractivity contribution in [3.63, 3.8) is 0 Å². The summed E-state index contributed by atoms with van der Waals surface area (Å²) in [5.74, 6) is -0.138. The van der Waals surface area contributed by atoms with E-state index in [1.165, 1.54) is 0 Å². The minimum atomic E-state index is -0.0975. The molecule has 0 radical (unpaired) electrons. The molecule has 1 saturated heterocycles. The number of ether oxygens (including phenoxy) is 2. The second-order valence-electron chi connectivity index (χ2n) is 6.73. The maximum absolute atomic E-state index is 11.8. The van der Waals surface area contributed by atoms with Crippen LogP contribution in [0, 0.1) is 5.92 Å². The van der Waals surface area contributed by atoms with Gasteiger partial charge in [-0.3, -0.25) is 4.79 Å². The molecule has 4 heteroatoms. The van der Waals surface area contributed by atoms with E-state index in [2.05, 4.69) is 29.6 Å². The lowest BCUT2D eigenvalue weighted by atomic mass is 9.95. The van der Waals surface area contributed by atoms with Gasteiger partial charge in [0.15, 0.2) is 0 Å². The highest BCUT2D eigenvalue weighted by Crippen LogP contribution is 2.23. The fourth-order valence-corrected chi connectivity index (χ4v) is 3.30. The summed E-state index contributed by atoms with van der Waals surface area (Å²) in [7, 11) is 0. The van der Waals surface area contributed by atoms with Gasteiger partial charge in [0.05, 0.1) is 18.8 Å². The lowest BCUT2D eigenvalue weighted by molar-refractivity contribution is -0.148. The Morgan fingerprint density at radius 2 is 1.67 bits per heavy atom. The van der Waals surface area contributed by atoms with Crippen molar-refractivity contribution in [1.29, 1.82) is 0 Å².